The largest absolute Gasteiger partial charge is 0.508 e. The van der Waals surface area contributed by atoms with Gasteiger partial charge in [-0.3, -0.25) is 67.1 Å². The topological polar surface area (TPSA) is 613 Å². The minimum atomic E-state index is -1.70. The van der Waals surface area contributed by atoms with Gasteiger partial charge in [-0.05, 0) is 100 Å². The van der Waals surface area contributed by atoms with Crippen LogP contribution in [0.1, 0.15) is 104 Å². The molecule has 9 atom stereocenters. The van der Waals surface area contributed by atoms with Crippen LogP contribution in [0.4, 0.5) is 0 Å². The molecule has 0 radical (unpaired) electrons. The molecule has 2 aliphatic rings. The predicted octanol–water partition coefficient (Wildman–Crippen LogP) is -3.15. The van der Waals surface area contributed by atoms with Gasteiger partial charge in [0.1, 0.15) is 72.6 Å². The van der Waals surface area contributed by atoms with Crippen molar-refractivity contribution in [3.8, 4) is 28.2 Å². The number of amides is 11. The number of carboxylic acids is 3. The number of aromatic nitrogens is 4. The molecule has 0 saturated carbocycles. The Morgan fingerprint density at radius 2 is 1.09 bits per heavy atom. The molecular formula is C68H85N15O24. The van der Waals surface area contributed by atoms with Crippen molar-refractivity contribution in [2.75, 3.05) is 46.1 Å². The Balaban J connectivity index is 1.08. The number of benzene rings is 3. The van der Waals surface area contributed by atoms with Gasteiger partial charge in [0.05, 0.1) is 55.0 Å². The molecule has 39 heteroatoms. The maximum absolute atomic E-state index is 13.8. The van der Waals surface area contributed by atoms with Gasteiger partial charge in [-0.1, -0.05) is 0 Å². The van der Waals surface area contributed by atoms with E-state index in [-0.39, 0.29) is 129 Å². The fourth-order valence-electron chi connectivity index (χ4n) is 10.8. The Bertz CT molecular complexity index is 4170. The van der Waals surface area contributed by atoms with Crippen LogP contribution in [0.25, 0.3) is 33.4 Å². The van der Waals surface area contributed by atoms with Crippen LogP contribution in [0, 0.1) is 0 Å². The molecule has 107 heavy (non-hydrogen) atoms. The smallest absolute Gasteiger partial charge is 0.336 e. The summed E-state index contributed by atoms with van der Waals surface area (Å²) >= 11 is 0. The Kier molecular flexibility index (Phi) is 32.3. The number of carbonyl (C=O) groups excluding carboxylic acids is 11. The van der Waals surface area contributed by atoms with E-state index in [1.807, 2.05) is 0 Å². The van der Waals surface area contributed by atoms with Crippen molar-refractivity contribution in [2.24, 2.45) is 5.73 Å². The molecule has 2 aromatic carbocycles. The van der Waals surface area contributed by atoms with Gasteiger partial charge in [-0.25, -0.2) is 14.8 Å². The number of carbonyl (C=O) groups is 14. The summed E-state index contributed by atoms with van der Waals surface area (Å²) in [4.78, 5) is 207. The number of hydrogen-bond acceptors (Lipinski definition) is 23. The van der Waals surface area contributed by atoms with E-state index in [2.05, 4.69) is 73.1 Å². The zero-order valence-corrected chi connectivity index (χ0v) is 58.2. The number of primary amides is 1. The first-order valence-corrected chi connectivity index (χ1v) is 33.6. The van der Waals surface area contributed by atoms with Gasteiger partial charge >= 0.3 is 17.9 Å². The minimum Gasteiger partial charge on any atom is -0.508 e. The van der Waals surface area contributed by atoms with Gasteiger partial charge in [0, 0.05) is 98.8 Å². The molecule has 20 N–H and O–H groups in total. The highest BCUT2D eigenvalue weighted by atomic mass is 16.5. The lowest BCUT2D eigenvalue weighted by Crippen LogP contribution is -2.59. The number of aromatic carboxylic acids is 1. The Morgan fingerprint density at radius 1 is 0.551 bits per heavy atom. The van der Waals surface area contributed by atoms with E-state index in [9.17, 15) is 97.5 Å². The number of imidazole rings is 2. The van der Waals surface area contributed by atoms with E-state index < -0.39 is 169 Å². The highest BCUT2D eigenvalue weighted by Crippen LogP contribution is 2.42. The lowest BCUT2D eigenvalue weighted by Gasteiger charge is -2.25. The molecule has 4 aromatic rings. The number of aliphatic hydroxyl groups is 2. The molecule has 0 spiro atoms. The molecule has 2 aromatic heterocycles. The second kappa shape index (κ2) is 41.3. The summed E-state index contributed by atoms with van der Waals surface area (Å²) in [5, 5.41) is 84.9. The highest BCUT2D eigenvalue weighted by Gasteiger charge is 2.35. The van der Waals surface area contributed by atoms with Crippen LogP contribution in [-0.2, 0) is 79.8 Å². The van der Waals surface area contributed by atoms with Crippen LogP contribution in [0.3, 0.4) is 0 Å². The molecule has 576 valence electrons. The molecule has 0 saturated heterocycles. The van der Waals surface area contributed by atoms with E-state index in [1.165, 1.54) is 93.5 Å². The summed E-state index contributed by atoms with van der Waals surface area (Å²) in [5.74, 6) is -13.6. The van der Waals surface area contributed by atoms with Gasteiger partial charge in [-0.15, -0.1) is 0 Å². The average molecular weight is 1500 g/mol. The number of unbranched alkanes of at least 4 members (excludes halogenated alkanes) is 1. The van der Waals surface area contributed by atoms with Crippen LogP contribution in [0.15, 0.2) is 88.9 Å². The number of fused-ring (bicyclic) bond motifs is 2. The SMILES string of the molecule is CC(=O)N[C@@H](C(=O)N[C@H](Cc1c[nH]cn1)C(=O)N[C@H](CCC(=O)O)C(=O)NCCOCC(=O)N[C@H](CCCCNC(=O)c1ccc(C(=O)O)c(-c2c3ccc(=O)cc-3oc3cc(O)ccc23)c1)C(=O)NCCOCC(=O)N[C@@H](C(=O)N[C@H](Cc1c[nH]cn1)C(=O)N[C@H](CCCC(=O)O)C(N)=O)[C@H](C)O)[C@H](C)O. The number of aliphatic hydroxyl groups excluding tert-OH is 2. The van der Waals surface area contributed by atoms with Crippen molar-refractivity contribution in [1.29, 1.82) is 0 Å². The molecule has 1 aliphatic carbocycles. The number of phenols is 1. The molecule has 0 fully saturated rings. The lowest BCUT2D eigenvalue weighted by molar-refractivity contribution is -0.138. The van der Waals surface area contributed by atoms with Gasteiger partial charge in [0.25, 0.3) is 5.91 Å². The summed E-state index contributed by atoms with van der Waals surface area (Å²) < 4.78 is 16.9. The lowest BCUT2D eigenvalue weighted by atomic mass is 9.89. The van der Waals surface area contributed by atoms with Gasteiger partial charge in [0.15, 0.2) is 5.43 Å². The predicted molar refractivity (Wildman–Crippen MR) is 372 cm³/mol. The molecule has 6 rings (SSSR count). The Morgan fingerprint density at radius 3 is 1.63 bits per heavy atom. The number of aromatic hydroxyl groups is 1. The number of aromatic amines is 2. The number of nitrogens with zero attached hydrogens (tertiary/aromatic N) is 2. The van der Waals surface area contributed by atoms with Crippen LogP contribution in [0.2, 0.25) is 0 Å². The summed E-state index contributed by atoms with van der Waals surface area (Å²) in [7, 11) is 0. The van der Waals surface area contributed by atoms with Crippen molar-refractivity contribution in [3.63, 3.8) is 0 Å². The zero-order chi connectivity index (χ0) is 78.4. The summed E-state index contributed by atoms with van der Waals surface area (Å²) in [6, 6.07) is 1.60. The molecule has 11 amide bonds. The molecule has 0 bridgehead atoms. The number of phenolic OH excluding ortho intramolecular Hbond substituents is 1. The maximum atomic E-state index is 13.8. The number of nitrogens with two attached hydrogens (primary N) is 1. The first-order chi connectivity index (χ1) is 50.9. The second-order valence-corrected chi connectivity index (χ2v) is 24.5. The third-order valence-electron chi connectivity index (χ3n) is 16.1. The van der Waals surface area contributed by atoms with Gasteiger partial charge in [-0.2, -0.15) is 0 Å². The monoisotopic (exact) mass is 1500 g/mol. The van der Waals surface area contributed by atoms with Crippen molar-refractivity contribution in [3.05, 3.63) is 112 Å². The van der Waals surface area contributed by atoms with E-state index >= 15 is 0 Å². The summed E-state index contributed by atoms with van der Waals surface area (Å²) in [5.41, 5.74) is 6.22. The Hall–Kier alpha value is -12.2. The van der Waals surface area contributed by atoms with Gasteiger partial charge in [0.2, 0.25) is 59.1 Å². The van der Waals surface area contributed by atoms with Crippen molar-refractivity contribution in [2.45, 2.75) is 139 Å². The molecule has 0 unspecified atom stereocenters. The first kappa shape index (κ1) is 83.7. The van der Waals surface area contributed by atoms with Crippen LogP contribution in [-0.4, -0.2) is 234 Å². The van der Waals surface area contributed by atoms with E-state index in [0.717, 1.165) is 6.92 Å². The Labute approximate surface area is 608 Å². The average Bonchev–Trinajstić information content (AvgIpc) is 1.63. The van der Waals surface area contributed by atoms with Gasteiger partial charge < -0.3 is 113 Å². The van der Waals surface area contributed by atoms with Crippen molar-refractivity contribution in [1.82, 2.24) is 73.1 Å². The van der Waals surface area contributed by atoms with Crippen LogP contribution < -0.4 is 64.3 Å². The molecule has 3 heterocycles. The maximum Gasteiger partial charge on any atom is 0.336 e. The number of aliphatic carboxylic acids is 2. The molecular weight excluding hydrogens is 1410 g/mol. The third kappa shape index (κ3) is 26.8. The number of ether oxygens (including phenoxy) is 2. The zero-order valence-electron chi connectivity index (χ0n) is 58.2. The minimum absolute atomic E-state index is 0.0224. The van der Waals surface area contributed by atoms with E-state index in [0.29, 0.717) is 16.5 Å². The summed E-state index contributed by atoms with van der Waals surface area (Å²) in [6.07, 6.45) is 0.581. The number of carboxylic acid groups (broad SMARTS) is 3. The second-order valence-electron chi connectivity index (χ2n) is 24.5. The molecule has 39 nitrogen and oxygen atoms in total. The van der Waals surface area contributed by atoms with Crippen molar-refractivity contribution >= 4 is 93.9 Å². The van der Waals surface area contributed by atoms with Crippen LogP contribution >= 0.6 is 0 Å². The fourth-order valence-corrected chi connectivity index (χ4v) is 10.8. The quantitative estimate of drug-likeness (QED) is 0.0133. The van der Waals surface area contributed by atoms with E-state index in [1.54, 1.807) is 0 Å². The number of nitrogens with one attached hydrogen (secondary N) is 12. The standard InChI is InChI=1S/C68H85N15O24/c1-34(84)58(77-36(3)86)66(101)81-50(25-39-29-71-33-76-39)65(100)80-48(16-17-56(93)94)63(98)74-20-21-105-30-53(89)78-47(7-4-5-18-72-61(96)37-10-13-42(68(103)104)45(23-37)57-43-14-11-40(87)26-51(43)107-52-27-41(88)12-15-44(52)57)62(97)73-19-22-106-31-54(90)83-59(35(2)85)67(102)82-49(24-38-28-70-32-75-38)64(99)79-46(60(69)95)8-6-9-55(91)92/h10-15,23,26-29,32-35,46-50,58-59,84-85,87H,4-9,16-22,24-25,30-31H2,1-3H3,(H2,69,95)(H,70,75)(H,71,76)(H,72,96)(H,73,97)(H,74,98)(H,77,86)(H,78,89)(H,79,99)(H,80,100)(H,81,101)(H,82,102)(H,83,90)(H,91,92)(H,93,94)(H,103,104)/t34-,35-,46+,47+,48+,49+,50+,58+,59+/m0/s1. The highest BCUT2D eigenvalue weighted by molar-refractivity contribution is 6.09. The first-order valence-electron chi connectivity index (χ1n) is 33.6. The number of hydrogen-bond donors (Lipinski definition) is 19. The number of rotatable bonds is 45. The van der Waals surface area contributed by atoms with E-state index in [4.69, 9.17) is 24.7 Å². The van der Waals surface area contributed by atoms with Crippen LogP contribution in [0.5, 0.6) is 5.75 Å². The third-order valence-corrected chi connectivity index (χ3v) is 16.1. The normalized spacial score (nSPS) is 13.7. The molecule has 1 aliphatic heterocycles. The van der Waals surface area contributed by atoms with Crippen molar-refractivity contribution < 1.29 is 112 Å². The fraction of sp³-hybridized carbons (Fsp3) is 0.426. The number of H-pyrrole nitrogens is 2. The summed E-state index contributed by atoms with van der Waals surface area (Å²) in [6.45, 7) is 0.667.